The van der Waals surface area contributed by atoms with E-state index in [1.165, 1.54) is 6.07 Å². The number of rotatable bonds is 0. The summed E-state index contributed by atoms with van der Waals surface area (Å²) in [5.41, 5.74) is 0. The average Bonchev–Trinajstić information content (AvgIpc) is 1.80. The van der Waals surface area contributed by atoms with E-state index in [1.807, 2.05) is 0 Å². The predicted octanol–water partition coefficient (Wildman–Crippen LogP) is 2.53. The Morgan fingerprint density at radius 3 is 2.56 bits per heavy atom. The van der Waals surface area contributed by atoms with Crippen molar-refractivity contribution in [2.75, 3.05) is 0 Å². The van der Waals surface area contributed by atoms with Crippen molar-refractivity contribution in [3.63, 3.8) is 0 Å². The van der Waals surface area contributed by atoms with Crippen LogP contribution in [0, 0.1) is 17.7 Å². The van der Waals surface area contributed by atoms with E-state index in [4.69, 9.17) is 0 Å². The summed E-state index contributed by atoms with van der Waals surface area (Å²) in [6.07, 6.45) is 0. The summed E-state index contributed by atoms with van der Waals surface area (Å²) in [5.74, 6) is -1.83. The molecule has 0 bridgehead atoms. The Morgan fingerprint density at radius 2 is 2.11 bits per heavy atom. The summed E-state index contributed by atoms with van der Waals surface area (Å²) in [5, 5.41) is 0. The van der Waals surface area contributed by atoms with Gasteiger partial charge in [0.2, 0.25) is 0 Å². The molecule has 1 aromatic rings. The minimum Gasteiger partial charge on any atom is -0.204 e. The molecule has 0 atom stereocenters. The fourth-order valence-corrected chi connectivity index (χ4v) is 0.743. The zero-order chi connectivity index (χ0) is 6.85. The zero-order valence-corrected chi connectivity index (χ0v) is 5.87. The molecular formula is C6H2BrF2. The van der Waals surface area contributed by atoms with Crippen LogP contribution in [-0.2, 0) is 0 Å². The summed E-state index contributed by atoms with van der Waals surface area (Å²) < 4.78 is 24.7. The van der Waals surface area contributed by atoms with Gasteiger partial charge in [0.15, 0.2) is 11.6 Å². The second-order valence-electron chi connectivity index (χ2n) is 1.48. The molecule has 0 aromatic heterocycles. The van der Waals surface area contributed by atoms with Crippen molar-refractivity contribution >= 4 is 15.9 Å². The third-order valence-corrected chi connectivity index (χ3v) is 1.27. The fourth-order valence-electron chi connectivity index (χ4n) is 0.427. The van der Waals surface area contributed by atoms with E-state index in [9.17, 15) is 8.78 Å². The Kier molecular flexibility index (Phi) is 1.81. The molecule has 47 valence electrons. The Morgan fingerprint density at radius 1 is 1.44 bits per heavy atom. The normalized spacial score (nSPS) is 9.67. The van der Waals surface area contributed by atoms with Crippen LogP contribution in [0.15, 0.2) is 16.6 Å². The van der Waals surface area contributed by atoms with Gasteiger partial charge < -0.3 is 0 Å². The van der Waals surface area contributed by atoms with Crippen LogP contribution >= 0.6 is 15.9 Å². The molecule has 0 saturated heterocycles. The predicted molar refractivity (Wildman–Crippen MR) is 32.9 cm³/mol. The van der Waals surface area contributed by atoms with Crippen LogP contribution in [0.1, 0.15) is 0 Å². The van der Waals surface area contributed by atoms with Crippen LogP contribution in [0.2, 0.25) is 0 Å². The van der Waals surface area contributed by atoms with Crippen molar-refractivity contribution in [2.24, 2.45) is 0 Å². The molecule has 0 aliphatic heterocycles. The SMILES string of the molecule is Fc1[c]cc(Br)cc1F. The van der Waals surface area contributed by atoms with Gasteiger partial charge in [-0.3, -0.25) is 0 Å². The molecule has 3 heteroatoms. The number of hydrogen-bond donors (Lipinski definition) is 0. The van der Waals surface area contributed by atoms with Crippen LogP contribution in [0.5, 0.6) is 0 Å². The Hall–Kier alpha value is -0.440. The lowest BCUT2D eigenvalue weighted by molar-refractivity contribution is 0.506. The lowest BCUT2D eigenvalue weighted by atomic mass is 10.3. The van der Waals surface area contributed by atoms with E-state index < -0.39 is 11.6 Å². The van der Waals surface area contributed by atoms with E-state index in [-0.39, 0.29) is 0 Å². The van der Waals surface area contributed by atoms with E-state index in [0.29, 0.717) is 4.47 Å². The highest BCUT2D eigenvalue weighted by Gasteiger charge is 1.99. The van der Waals surface area contributed by atoms with Gasteiger partial charge in [0.05, 0.1) is 0 Å². The molecule has 1 radical (unpaired) electrons. The zero-order valence-electron chi connectivity index (χ0n) is 4.29. The molecule has 0 saturated carbocycles. The molecular weight excluding hydrogens is 190 g/mol. The largest absolute Gasteiger partial charge is 0.204 e. The Labute approximate surface area is 59.6 Å². The van der Waals surface area contributed by atoms with Gasteiger partial charge in [0.1, 0.15) is 0 Å². The molecule has 1 aromatic carbocycles. The first-order valence-electron chi connectivity index (χ1n) is 2.22. The third-order valence-electron chi connectivity index (χ3n) is 0.811. The smallest absolute Gasteiger partial charge is 0.166 e. The Balaban J connectivity index is 3.17. The van der Waals surface area contributed by atoms with Gasteiger partial charge in [-0.2, -0.15) is 0 Å². The van der Waals surface area contributed by atoms with Crippen molar-refractivity contribution < 1.29 is 8.78 Å². The summed E-state index contributed by atoms with van der Waals surface area (Å²) in [7, 11) is 0. The maximum atomic E-state index is 12.1. The molecule has 0 heterocycles. The monoisotopic (exact) mass is 191 g/mol. The van der Waals surface area contributed by atoms with Crippen LogP contribution < -0.4 is 0 Å². The summed E-state index contributed by atoms with van der Waals surface area (Å²) in [4.78, 5) is 0. The van der Waals surface area contributed by atoms with Gasteiger partial charge in [0.25, 0.3) is 0 Å². The highest BCUT2D eigenvalue weighted by atomic mass is 79.9. The van der Waals surface area contributed by atoms with Crippen LogP contribution in [-0.4, -0.2) is 0 Å². The molecule has 0 nitrogen and oxygen atoms in total. The lowest BCUT2D eigenvalue weighted by Gasteiger charge is -1.89. The molecule has 9 heavy (non-hydrogen) atoms. The second-order valence-corrected chi connectivity index (χ2v) is 2.40. The minimum absolute atomic E-state index is 0.487. The number of benzene rings is 1. The molecule has 0 aliphatic carbocycles. The first-order valence-corrected chi connectivity index (χ1v) is 3.01. The lowest BCUT2D eigenvalue weighted by Crippen LogP contribution is -1.80. The summed E-state index contributed by atoms with van der Waals surface area (Å²) in [6, 6.07) is 4.44. The average molecular weight is 192 g/mol. The number of hydrogen-bond acceptors (Lipinski definition) is 0. The van der Waals surface area contributed by atoms with Gasteiger partial charge in [0, 0.05) is 10.5 Å². The van der Waals surface area contributed by atoms with E-state index in [1.54, 1.807) is 0 Å². The first kappa shape index (κ1) is 6.68. The molecule has 0 aliphatic rings. The van der Waals surface area contributed by atoms with Crippen LogP contribution in [0.3, 0.4) is 0 Å². The van der Waals surface area contributed by atoms with E-state index in [0.717, 1.165) is 6.07 Å². The molecule has 0 N–H and O–H groups in total. The maximum absolute atomic E-state index is 12.1. The van der Waals surface area contributed by atoms with Crippen LogP contribution in [0.25, 0.3) is 0 Å². The highest BCUT2D eigenvalue weighted by Crippen LogP contribution is 2.12. The Bertz CT molecular complexity index is 222. The summed E-state index contributed by atoms with van der Waals surface area (Å²) >= 11 is 2.96. The fraction of sp³-hybridized carbons (Fsp3) is 0. The van der Waals surface area contributed by atoms with Gasteiger partial charge in [-0.25, -0.2) is 8.78 Å². The van der Waals surface area contributed by atoms with Crippen molar-refractivity contribution in [3.05, 3.63) is 34.3 Å². The topological polar surface area (TPSA) is 0 Å². The standard InChI is InChI=1S/C6H2BrF2/c7-4-1-2-5(8)6(9)3-4/h1,3H. The van der Waals surface area contributed by atoms with Gasteiger partial charge >= 0.3 is 0 Å². The van der Waals surface area contributed by atoms with Gasteiger partial charge in [-0.1, -0.05) is 15.9 Å². The van der Waals surface area contributed by atoms with Crippen molar-refractivity contribution in [3.8, 4) is 0 Å². The second kappa shape index (κ2) is 2.43. The van der Waals surface area contributed by atoms with E-state index in [2.05, 4.69) is 22.0 Å². The summed E-state index contributed by atoms with van der Waals surface area (Å²) in [6.45, 7) is 0. The van der Waals surface area contributed by atoms with Crippen molar-refractivity contribution in [2.45, 2.75) is 0 Å². The van der Waals surface area contributed by atoms with Gasteiger partial charge in [-0.15, -0.1) is 0 Å². The molecule has 0 unspecified atom stereocenters. The van der Waals surface area contributed by atoms with Crippen molar-refractivity contribution in [1.82, 2.24) is 0 Å². The molecule has 0 spiro atoms. The van der Waals surface area contributed by atoms with Crippen LogP contribution in [0.4, 0.5) is 8.78 Å². The van der Waals surface area contributed by atoms with Gasteiger partial charge in [-0.05, 0) is 12.1 Å². The molecule has 0 amide bonds. The first-order chi connectivity index (χ1) is 4.20. The minimum atomic E-state index is -0.946. The van der Waals surface area contributed by atoms with Crippen molar-refractivity contribution in [1.29, 1.82) is 0 Å². The number of halogens is 3. The molecule has 1 rings (SSSR count). The third kappa shape index (κ3) is 1.48. The van der Waals surface area contributed by atoms with E-state index >= 15 is 0 Å². The quantitative estimate of drug-likeness (QED) is 0.554. The molecule has 0 fully saturated rings. The highest BCUT2D eigenvalue weighted by molar-refractivity contribution is 9.10. The maximum Gasteiger partial charge on any atom is 0.166 e.